The van der Waals surface area contributed by atoms with E-state index in [4.69, 9.17) is 4.74 Å². The van der Waals surface area contributed by atoms with Crippen molar-refractivity contribution in [1.82, 2.24) is 5.32 Å². The van der Waals surface area contributed by atoms with Gasteiger partial charge in [0.25, 0.3) is 0 Å². The topological polar surface area (TPSA) is 38.3 Å². The van der Waals surface area contributed by atoms with Gasteiger partial charge in [-0.05, 0) is 36.0 Å². The number of hydrogen-bond acceptors (Lipinski definition) is 4. The monoisotopic (exact) mass is 325 g/mol. The summed E-state index contributed by atoms with van der Waals surface area (Å²) in [7, 11) is 0. The quantitative estimate of drug-likeness (QED) is 0.853. The summed E-state index contributed by atoms with van der Waals surface area (Å²) in [6, 6.07) is 6.67. The second-order valence-electron chi connectivity index (χ2n) is 6.69. The number of nitrogens with one attached hydrogen (secondary N) is 1. The van der Waals surface area contributed by atoms with Crippen molar-refractivity contribution in [2.45, 2.75) is 44.8 Å². The Balaban J connectivity index is 1.66. The van der Waals surface area contributed by atoms with Gasteiger partial charge in [-0.3, -0.25) is 4.79 Å². The van der Waals surface area contributed by atoms with Gasteiger partial charge in [0.15, 0.2) is 5.78 Å². The van der Waals surface area contributed by atoms with Crippen molar-refractivity contribution in [2.24, 2.45) is 0 Å². The highest BCUT2D eigenvalue weighted by atomic mass is 32.2. The molecule has 4 aliphatic rings. The molecule has 118 valence electrons. The van der Waals surface area contributed by atoms with E-state index in [1.54, 1.807) is 0 Å². The van der Waals surface area contributed by atoms with Crippen LogP contribution < -0.4 is 5.32 Å². The lowest BCUT2D eigenvalue weighted by Gasteiger charge is -2.33. The molecule has 1 unspecified atom stereocenters. The van der Waals surface area contributed by atoms with Crippen LogP contribution in [0.4, 0.5) is 0 Å². The molecule has 0 aromatic heterocycles. The molecule has 4 heteroatoms. The van der Waals surface area contributed by atoms with Gasteiger partial charge in [-0.15, -0.1) is 11.8 Å². The zero-order valence-electron chi connectivity index (χ0n) is 13.0. The maximum atomic E-state index is 12.7. The van der Waals surface area contributed by atoms with Crippen molar-refractivity contribution in [3.8, 4) is 0 Å². The Hall–Kier alpha value is -1.52. The minimum atomic E-state index is 0.146. The Morgan fingerprint density at radius 3 is 2.96 bits per heavy atom. The highest BCUT2D eigenvalue weighted by Crippen LogP contribution is 2.50. The average Bonchev–Trinajstić information content (AvgIpc) is 3.21. The van der Waals surface area contributed by atoms with E-state index in [1.165, 1.54) is 33.0 Å². The lowest BCUT2D eigenvalue weighted by atomic mass is 9.78. The highest BCUT2D eigenvalue weighted by molar-refractivity contribution is 8.03. The summed E-state index contributed by atoms with van der Waals surface area (Å²) in [5.74, 6) is 1.60. The van der Waals surface area contributed by atoms with Crippen molar-refractivity contribution in [3.05, 3.63) is 56.8 Å². The molecule has 3 heterocycles. The standard InChI is InChI=1S/C19H19NO2S/c21-16-3-1-2-14-18(16)17(19-15(20-14)6-7-23-19)11-4-5-12-9-22-10-13(12)8-11/h4-5,8,17,20H,1-3,6-7,9-10H2. The van der Waals surface area contributed by atoms with Gasteiger partial charge < -0.3 is 10.1 Å². The molecule has 3 aliphatic heterocycles. The lowest BCUT2D eigenvalue weighted by Crippen LogP contribution is -2.30. The molecule has 0 radical (unpaired) electrons. The summed E-state index contributed by atoms with van der Waals surface area (Å²) < 4.78 is 5.56. The van der Waals surface area contributed by atoms with Crippen molar-refractivity contribution >= 4 is 17.5 Å². The van der Waals surface area contributed by atoms with Crippen LogP contribution in [0, 0.1) is 0 Å². The predicted molar refractivity (Wildman–Crippen MR) is 90.8 cm³/mol. The zero-order valence-corrected chi connectivity index (χ0v) is 13.8. The van der Waals surface area contributed by atoms with Crippen LogP contribution in [0.2, 0.25) is 0 Å². The number of ether oxygens (including phenoxy) is 1. The molecule has 5 rings (SSSR count). The average molecular weight is 325 g/mol. The van der Waals surface area contributed by atoms with Gasteiger partial charge in [0.1, 0.15) is 0 Å². The van der Waals surface area contributed by atoms with Crippen LogP contribution in [0.15, 0.2) is 40.1 Å². The number of thioether (sulfide) groups is 1. The Bertz CT molecular complexity index is 778. The maximum Gasteiger partial charge on any atom is 0.161 e. The zero-order chi connectivity index (χ0) is 15.4. The molecule has 0 saturated carbocycles. The van der Waals surface area contributed by atoms with E-state index in [0.29, 0.717) is 18.8 Å². The van der Waals surface area contributed by atoms with Crippen molar-refractivity contribution in [2.75, 3.05) is 5.75 Å². The fourth-order valence-corrected chi connectivity index (χ4v) is 5.46. The van der Waals surface area contributed by atoms with E-state index in [-0.39, 0.29) is 5.92 Å². The van der Waals surface area contributed by atoms with Crippen LogP contribution in [0.1, 0.15) is 48.3 Å². The molecule has 1 atom stereocenters. The van der Waals surface area contributed by atoms with Crippen LogP contribution in [-0.2, 0) is 22.7 Å². The van der Waals surface area contributed by atoms with Crippen molar-refractivity contribution in [3.63, 3.8) is 0 Å². The molecule has 0 spiro atoms. The number of allylic oxidation sites excluding steroid dienone is 4. The normalized spacial score (nSPS) is 26.1. The fraction of sp³-hybridized carbons (Fsp3) is 0.421. The molecule has 0 bridgehead atoms. The lowest BCUT2D eigenvalue weighted by molar-refractivity contribution is -0.116. The summed E-state index contributed by atoms with van der Waals surface area (Å²) in [6.07, 6.45) is 3.77. The van der Waals surface area contributed by atoms with Gasteiger partial charge in [-0.25, -0.2) is 0 Å². The van der Waals surface area contributed by atoms with Gasteiger partial charge in [0.05, 0.1) is 13.2 Å². The Kier molecular flexibility index (Phi) is 3.17. The molecule has 1 aromatic carbocycles. The van der Waals surface area contributed by atoms with Crippen LogP contribution >= 0.6 is 11.8 Å². The molecule has 1 aliphatic carbocycles. The number of ketones is 1. The van der Waals surface area contributed by atoms with Gasteiger partial charge in [0, 0.05) is 40.0 Å². The molecule has 3 nitrogen and oxygen atoms in total. The van der Waals surface area contributed by atoms with E-state index < -0.39 is 0 Å². The van der Waals surface area contributed by atoms with Gasteiger partial charge in [0.2, 0.25) is 0 Å². The van der Waals surface area contributed by atoms with Gasteiger partial charge in [-0.2, -0.15) is 0 Å². The molecule has 0 fully saturated rings. The first kappa shape index (κ1) is 13.9. The van der Waals surface area contributed by atoms with E-state index in [2.05, 4.69) is 23.5 Å². The van der Waals surface area contributed by atoms with E-state index >= 15 is 0 Å². The van der Waals surface area contributed by atoms with E-state index in [1.807, 2.05) is 11.8 Å². The van der Waals surface area contributed by atoms with E-state index in [9.17, 15) is 4.79 Å². The van der Waals surface area contributed by atoms with Crippen LogP contribution in [-0.4, -0.2) is 11.5 Å². The highest BCUT2D eigenvalue weighted by Gasteiger charge is 2.38. The Labute approximate surface area is 140 Å². The first-order chi connectivity index (χ1) is 11.3. The fourth-order valence-electron chi connectivity index (χ4n) is 4.19. The number of Topliss-reactive ketones (excluding diaryl/α,β-unsaturated/α-hetero) is 1. The molecular weight excluding hydrogens is 306 g/mol. The Morgan fingerprint density at radius 2 is 2.00 bits per heavy atom. The van der Waals surface area contributed by atoms with Crippen LogP contribution in [0.25, 0.3) is 0 Å². The predicted octanol–water partition coefficient (Wildman–Crippen LogP) is 3.76. The summed E-state index contributed by atoms with van der Waals surface area (Å²) in [5, 5.41) is 3.59. The molecular formula is C19H19NO2S. The number of dihydropyridines is 1. The molecule has 1 aromatic rings. The van der Waals surface area contributed by atoms with E-state index in [0.717, 1.165) is 37.2 Å². The third-order valence-electron chi connectivity index (χ3n) is 5.29. The number of fused-ring (bicyclic) bond motifs is 1. The van der Waals surface area contributed by atoms with Gasteiger partial charge >= 0.3 is 0 Å². The van der Waals surface area contributed by atoms with Gasteiger partial charge in [-0.1, -0.05) is 18.2 Å². The Morgan fingerprint density at radius 1 is 1.09 bits per heavy atom. The summed E-state index contributed by atoms with van der Waals surface area (Å²) >= 11 is 1.92. The van der Waals surface area contributed by atoms with Crippen LogP contribution in [0.3, 0.4) is 0 Å². The molecule has 0 saturated heterocycles. The number of rotatable bonds is 1. The second-order valence-corrected chi connectivity index (χ2v) is 7.83. The molecule has 1 N–H and O–H groups in total. The molecule has 0 amide bonds. The minimum Gasteiger partial charge on any atom is -0.372 e. The minimum absolute atomic E-state index is 0.146. The van der Waals surface area contributed by atoms with Crippen molar-refractivity contribution < 1.29 is 9.53 Å². The largest absolute Gasteiger partial charge is 0.372 e. The third-order valence-corrected chi connectivity index (χ3v) is 6.50. The number of carbonyl (C=O) groups is 1. The van der Waals surface area contributed by atoms with Crippen LogP contribution in [0.5, 0.6) is 0 Å². The third kappa shape index (κ3) is 2.12. The summed E-state index contributed by atoms with van der Waals surface area (Å²) in [4.78, 5) is 14.1. The number of hydrogen-bond donors (Lipinski definition) is 1. The number of benzene rings is 1. The van der Waals surface area contributed by atoms with Crippen molar-refractivity contribution in [1.29, 1.82) is 0 Å². The maximum absolute atomic E-state index is 12.7. The SMILES string of the molecule is O=C1CCCC2=C1C(c1ccc3c(c1)COC3)C1=C(CCS1)N2. The second kappa shape index (κ2) is 5.25. The first-order valence-corrected chi connectivity index (χ1v) is 9.38. The number of carbonyl (C=O) groups excluding carboxylic acids is 1. The summed E-state index contributed by atoms with van der Waals surface area (Å²) in [6.45, 7) is 1.42. The molecule has 23 heavy (non-hydrogen) atoms. The first-order valence-electron chi connectivity index (χ1n) is 8.40. The smallest absolute Gasteiger partial charge is 0.161 e. The summed E-state index contributed by atoms with van der Waals surface area (Å²) in [5.41, 5.74) is 7.41.